The van der Waals surface area contributed by atoms with Crippen LogP contribution >= 0.6 is 0 Å². The lowest BCUT2D eigenvalue weighted by atomic mass is 10.0. The van der Waals surface area contributed by atoms with Gasteiger partial charge in [0.25, 0.3) is 0 Å². The summed E-state index contributed by atoms with van der Waals surface area (Å²) in [6, 6.07) is 3.90. The second kappa shape index (κ2) is 6.98. The Morgan fingerprint density at radius 2 is 2.09 bits per heavy atom. The fourth-order valence-corrected chi connectivity index (χ4v) is 2.53. The maximum atomic E-state index is 12.4. The van der Waals surface area contributed by atoms with E-state index in [-0.39, 0.29) is 12.5 Å². The summed E-state index contributed by atoms with van der Waals surface area (Å²) in [7, 11) is 0. The molecule has 0 atom stereocenters. The van der Waals surface area contributed by atoms with E-state index in [1.165, 1.54) is 0 Å². The van der Waals surface area contributed by atoms with Crippen molar-refractivity contribution in [3.8, 4) is 0 Å². The van der Waals surface area contributed by atoms with Crippen LogP contribution in [0.3, 0.4) is 0 Å². The van der Waals surface area contributed by atoms with E-state index in [9.17, 15) is 9.59 Å². The maximum Gasteiger partial charge on any atom is 0.416 e. The van der Waals surface area contributed by atoms with E-state index in [4.69, 9.17) is 9.84 Å². The molecule has 1 aliphatic rings. The van der Waals surface area contributed by atoms with E-state index >= 15 is 0 Å². The summed E-state index contributed by atoms with van der Waals surface area (Å²) in [6.07, 6.45) is 2.63. The topological polar surface area (TPSA) is 79.7 Å². The van der Waals surface area contributed by atoms with E-state index in [1.54, 1.807) is 4.90 Å². The molecule has 1 aromatic heterocycles. The minimum absolute atomic E-state index is 0.120. The summed E-state index contributed by atoms with van der Waals surface area (Å²) in [5, 5.41) is 8.72. The highest BCUT2D eigenvalue weighted by Gasteiger charge is 2.28. The lowest BCUT2D eigenvalue weighted by molar-refractivity contribution is -0.137. The molecule has 0 aromatic carbocycles. The second-order valence-corrected chi connectivity index (χ2v) is 6.77. The van der Waals surface area contributed by atoms with Crippen LogP contribution in [0.1, 0.15) is 51.3 Å². The molecule has 0 unspecified atom stereocenters. The highest BCUT2D eigenvalue weighted by Crippen LogP contribution is 2.27. The molecule has 0 spiro atoms. The third-order valence-electron chi connectivity index (χ3n) is 3.53. The summed E-state index contributed by atoms with van der Waals surface area (Å²) in [5.41, 5.74) is 1.29. The van der Waals surface area contributed by atoms with Crippen LogP contribution in [-0.4, -0.2) is 34.3 Å². The molecule has 0 saturated carbocycles. The molecule has 0 fully saturated rings. The summed E-state index contributed by atoms with van der Waals surface area (Å²) < 4.78 is 5.46. The first-order valence-electron chi connectivity index (χ1n) is 7.97. The van der Waals surface area contributed by atoms with Crippen molar-refractivity contribution in [3.05, 3.63) is 23.4 Å². The number of aryl methyl sites for hydroxylation is 2. The van der Waals surface area contributed by atoms with E-state index in [1.807, 2.05) is 32.9 Å². The molecule has 0 saturated heterocycles. The van der Waals surface area contributed by atoms with Gasteiger partial charge in [-0.3, -0.25) is 9.69 Å². The molecular formula is C17H24N2O4. The zero-order valence-corrected chi connectivity index (χ0v) is 14.0. The fourth-order valence-electron chi connectivity index (χ4n) is 2.53. The standard InChI is InChI=1S/C17H24N2O4/c1-17(2,3)23-16(22)19-11-5-6-12-9-10-13(18-15(12)19)7-4-8-14(20)21/h9-10H,4-8,11H2,1-3H3,(H,20,21). The monoisotopic (exact) mass is 320 g/mol. The van der Waals surface area contributed by atoms with Crippen molar-refractivity contribution in [1.29, 1.82) is 0 Å². The van der Waals surface area contributed by atoms with E-state index in [0.717, 1.165) is 24.1 Å². The van der Waals surface area contributed by atoms with Crippen molar-refractivity contribution in [2.45, 2.75) is 58.5 Å². The number of anilines is 1. The number of hydrogen-bond acceptors (Lipinski definition) is 4. The van der Waals surface area contributed by atoms with Gasteiger partial charge in [-0.05, 0) is 58.1 Å². The van der Waals surface area contributed by atoms with Gasteiger partial charge in [0.15, 0.2) is 0 Å². The Bertz CT molecular complexity index is 593. The van der Waals surface area contributed by atoms with E-state index < -0.39 is 11.6 Å². The minimum atomic E-state index is -0.807. The number of aromatic nitrogens is 1. The number of pyridine rings is 1. The van der Waals surface area contributed by atoms with Gasteiger partial charge in [-0.15, -0.1) is 0 Å². The van der Waals surface area contributed by atoms with Gasteiger partial charge in [0, 0.05) is 18.7 Å². The van der Waals surface area contributed by atoms with Crippen LogP contribution in [0.4, 0.5) is 10.6 Å². The van der Waals surface area contributed by atoms with Gasteiger partial charge < -0.3 is 9.84 Å². The zero-order chi connectivity index (χ0) is 17.0. The van der Waals surface area contributed by atoms with Crippen molar-refractivity contribution >= 4 is 17.9 Å². The third-order valence-corrected chi connectivity index (χ3v) is 3.53. The largest absolute Gasteiger partial charge is 0.481 e. The molecule has 0 bridgehead atoms. The Labute approximate surface area is 136 Å². The van der Waals surface area contributed by atoms with Crippen LogP contribution in [0, 0.1) is 0 Å². The third kappa shape index (κ3) is 4.94. The van der Waals surface area contributed by atoms with Crippen LogP contribution in [0.25, 0.3) is 0 Å². The van der Waals surface area contributed by atoms with Crippen molar-refractivity contribution in [3.63, 3.8) is 0 Å². The molecule has 0 aliphatic carbocycles. The Kier molecular flexibility index (Phi) is 5.23. The molecule has 126 valence electrons. The number of carboxylic acid groups (broad SMARTS) is 1. The van der Waals surface area contributed by atoms with Crippen LogP contribution in [0.5, 0.6) is 0 Å². The molecule has 0 radical (unpaired) electrons. The van der Waals surface area contributed by atoms with Gasteiger partial charge in [0.05, 0.1) is 0 Å². The normalized spacial score (nSPS) is 14.3. The number of rotatable bonds is 4. The summed E-state index contributed by atoms with van der Waals surface area (Å²) in [5.74, 6) is -0.156. The molecule has 6 nitrogen and oxygen atoms in total. The van der Waals surface area contributed by atoms with Crippen LogP contribution in [0.15, 0.2) is 12.1 Å². The van der Waals surface area contributed by atoms with Gasteiger partial charge >= 0.3 is 12.1 Å². The lowest BCUT2D eigenvalue weighted by Crippen LogP contribution is -2.40. The molecule has 23 heavy (non-hydrogen) atoms. The summed E-state index contributed by atoms with van der Waals surface area (Å²) >= 11 is 0. The number of ether oxygens (including phenoxy) is 1. The van der Waals surface area contributed by atoms with Crippen LogP contribution in [-0.2, 0) is 22.4 Å². The number of fused-ring (bicyclic) bond motifs is 1. The van der Waals surface area contributed by atoms with Gasteiger partial charge in [0.1, 0.15) is 11.4 Å². The molecule has 1 aliphatic heterocycles. The first-order valence-corrected chi connectivity index (χ1v) is 7.97. The number of amides is 1. The first-order chi connectivity index (χ1) is 10.8. The Hall–Kier alpha value is -2.11. The Balaban J connectivity index is 2.15. The minimum Gasteiger partial charge on any atom is -0.481 e. The van der Waals surface area contributed by atoms with Crippen molar-refractivity contribution < 1.29 is 19.4 Å². The molecular weight excluding hydrogens is 296 g/mol. The number of nitrogens with zero attached hydrogens (tertiary/aromatic N) is 2. The number of aliphatic carboxylic acids is 1. The average Bonchev–Trinajstić information content (AvgIpc) is 2.44. The van der Waals surface area contributed by atoms with Crippen molar-refractivity contribution in [1.82, 2.24) is 4.98 Å². The Morgan fingerprint density at radius 1 is 1.35 bits per heavy atom. The molecule has 6 heteroatoms. The SMILES string of the molecule is CC(C)(C)OC(=O)N1CCCc2ccc(CCCC(=O)O)nc21. The highest BCUT2D eigenvalue weighted by molar-refractivity contribution is 5.88. The van der Waals surface area contributed by atoms with Gasteiger partial charge in [0.2, 0.25) is 0 Å². The quantitative estimate of drug-likeness (QED) is 0.921. The molecule has 1 N–H and O–H groups in total. The zero-order valence-electron chi connectivity index (χ0n) is 14.0. The smallest absolute Gasteiger partial charge is 0.416 e. The van der Waals surface area contributed by atoms with Crippen molar-refractivity contribution in [2.24, 2.45) is 0 Å². The second-order valence-electron chi connectivity index (χ2n) is 6.77. The average molecular weight is 320 g/mol. The summed E-state index contributed by atoms with van der Waals surface area (Å²) in [6.45, 7) is 6.11. The maximum absolute atomic E-state index is 12.4. The first kappa shape index (κ1) is 17.2. The van der Waals surface area contributed by atoms with Gasteiger partial charge in [-0.1, -0.05) is 6.07 Å². The van der Waals surface area contributed by atoms with Crippen LogP contribution < -0.4 is 4.90 Å². The molecule has 1 amide bonds. The number of carboxylic acids is 1. The van der Waals surface area contributed by atoms with E-state index in [2.05, 4.69) is 4.98 Å². The lowest BCUT2D eigenvalue weighted by Gasteiger charge is -2.31. The molecule has 2 rings (SSSR count). The number of hydrogen-bond donors (Lipinski definition) is 1. The van der Waals surface area contributed by atoms with Gasteiger partial charge in [-0.2, -0.15) is 0 Å². The fraction of sp³-hybridized carbons (Fsp3) is 0.588. The predicted molar refractivity (Wildman–Crippen MR) is 86.7 cm³/mol. The highest BCUT2D eigenvalue weighted by atomic mass is 16.6. The van der Waals surface area contributed by atoms with Crippen molar-refractivity contribution in [2.75, 3.05) is 11.4 Å². The molecule has 1 aromatic rings. The van der Waals surface area contributed by atoms with Gasteiger partial charge in [-0.25, -0.2) is 9.78 Å². The molecule has 2 heterocycles. The Morgan fingerprint density at radius 3 is 2.74 bits per heavy atom. The predicted octanol–water partition coefficient (Wildman–Crippen LogP) is 3.18. The number of carbonyl (C=O) groups excluding carboxylic acids is 1. The van der Waals surface area contributed by atoms with Crippen LogP contribution in [0.2, 0.25) is 0 Å². The summed E-state index contributed by atoms with van der Waals surface area (Å²) in [4.78, 5) is 29.1. The van der Waals surface area contributed by atoms with E-state index in [0.29, 0.717) is 25.2 Å². The number of carbonyl (C=O) groups is 2.